The molecule has 9 heteroatoms. The van der Waals surface area contributed by atoms with E-state index < -0.39 is 11.9 Å². The normalized spacial score (nSPS) is 15.8. The third-order valence-corrected chi connectivity index (χ3v) is 4.91. The van der Waals surface area contributed by atoms with Crippen LogP contribution in [0.2, 0.25) is 0 Å². The zero-order valence-electron chi connectivity index (χ0n) is 14.4. The Kier molecular flexibility index (Phi) is 3.72. The zero-order valence-corrected chi connectivity index (χ0v) is 14.4. The number of aromatic nitrogens is 4. The monoisotopic (exact) mass is 364 g/mol. The molecule has 6 nitrogen and oxygen atoms in total. The number of H-pyrrole nitrogens is 1. The molecule has 0 saturated heterocycles. The lowest BCUT2D eigenvalue weighted by Crippen LogP contribution is -2.36. The molecule has 0 bridgehead atoms. The fourth-order valence-electron chi connectivity index (χ4n) is 3.47. The van der Waals surface area contributed by atoms with Gasteiger partial charge in [0.2, 0.25) is 0 Å². The van der Waals surface area contributed by atoms with E-state index in [4.69, 9.17) is 5.73 Å². The minimum atomic E-state index is -4.48. The predicted molar refractivity (Wildman–Crippen MR) is 91.9 cm³/mol. The highest BCUT2D eigenvalue weighted by Gasteiger charge is 2.40. The molecule has 0 spiro atoms. The Morgan fingerprint density at radius 2 is 2.04 bits per heavy atom. The molecule has 3 N–H and O–H groups in total. The fourth-order valence-corrected chi connectivity index (χ4v) is 3.47. The first-order chi connectivity index (χ1) is 12.3. The van der Waals surface area contributed by atoms with Crippen LogP contribution in [0.5, 0.6) is 0 Å². The second kappa shape index (κ2) is 5.73. The maximum Gasteiger partial charge on any atom is 0.435 e. The minimum Gasteiger partial charge on any atom is -0.382 e. The van der Waals surface area contributed by atoms with E-state index in [1.54, 1.807) is 18.2 Å². The summed E-state index contributed by atoms with van der Waals surface area (Å²) in [6.45, 7) is 5.09. The van der Waals surface area contributed by atoms with Crippen molar-refractivity contribution in [3.8, 4) is 5.69 Å². The highest BCUT2D eigenvalue weighted by molar-refractivity contribution is 5.90. The lowest BCUT2D eigenvalue weighted by atomic mass is 10.0. The Hall–Kier alpha value is -2.55. The van der Waals surface area contributed by atoms with Gasteiger partial charge in [0.05, 0.1) is 16.9 Å². The molecule has 0 radical (unpaired) electrons. The predicted octanol–water partition coefficient (Wildman–Crippen LogP) is 3.12. The molecule has 0 atom stereocenters. The van der Waals surface area contributed by atoms with Gasteiger partial charge in [-0.2, -0.15) is 23.4 Å². The van der Waals surface area contributed by atoms with Gasteiger partial charge < -0.3 is 5.73 Å². The van der Waals surface area contributed by atoms with Crippen molar-refractivity contribution in [2.45, 2.75) is 39.0 Å². The smallest absolute Gasteiger partial charge is 0.382 e. The average Bonchev–Trinajstić information content (AvgIpc) is 3.15. The molecule has 2 aromatic heterocycles. The van der Waals surface area contributed by atoms with Gasteiger partial charge in [-0.3, -0.25) is 10.00 Å². The van der Waals surface area contributed by atoms with E-state index in [1.807, 2.05) is 13.8 Å². The number of fused-ring (bicyclic) bond motifs is 2. The quantitative estimate of drug-likeness (QED) is 0.733. The SMILES string of the molecule is CC(C)N1CCc2c(C(F)(F)F)nn(-c3ccc4[nH]nc(N)c4c3)c2C1. The number of alkyl halides is 3. The largest absolute Gasteiger partial charge is 0.435 e. The topological polar surface area (TPSA) is 75.8 Å². The van der Waals surface area contributed by atoms with E-state index in [1.165, 1.54) is 4.68 Å². The third kappa shape index (κ3) is 2.63. The Morgan fingerprint density at radius 3 is 2.73 bits per heavy atom. The maximum absolute atomic E-state index is 13.5. The first-order valence-electron chi connectivity index (χ1n) is 8.41. The van der Waals surface area contributed by atoms with E-state index >= 15 is 0 Å². The Morgan fingerprint density at radius 1 is 1.27 bits per heavy atom. The zero-order chi connectivity index (χ0) is 18.6. The highest BCUT2D eigenvalue weighted by atomic mass is 19.4. The summed E-state index contributed by atoms with van der Waals surface area (Å²) in [6.07, 6.45) is -4.15. The van der Waals surface area contributed by atoms with Crippen LogP contribution in [0.4, 0.5) is 19.0 Å². The number of aromatic amines is 1. The highest BCUT2D eigenvalue weighted by Crippen LogP contribution is 2.36. The van der Waals surface area contributed by atoms with Crippen LogP contribution in [0.3, 0.4) is 0 Å². The van der Waals surface area contributed by atoms with Crippen LogP contribution in [0.15, 0.2) is 18.2 Å². The van der Waals surface area contributed by atoms with Crippen molar-refractivity contribution in [2.24, 2.45) is 0 Å². The Labute approximate surface area is 147 Å². The van der Waals surface area contributed by atoms with Gasteiger partial charge in [-0.1, -0.05) is 0 Å². The van der Waals surface area contributed by atoms with Crippen molar-refractivity contribution in [1.29, 1.82) is 0 Å². The lowest BCUT2D eigenvalue weighted by Gasteiger charge is -2.31. The molecule has 0 saturated carbocycles. The first-order valence-corrected chi connectivity index (χ1v) is 8.41. The van der Waals surface area contributed by atoms with Crippen molar-refractivity contribution < 1.29 is 13.2 Å². The number of halogens is 3. The van der Waals surface area contributed by atoms with E-state index in [9.17, 15) is 13.2 Å². The molecular formula is C17H19F3N6. The maximum atomic E-state index is 13.5. The molecule has 0 amide bonds. The molecule has 1 aromatic carbocycles. The summed E-state index contributed by atoms with van der Waals surface area (Å²) in [6, 6.07) is 5.43. The summed E-state index contributed by atoms with van der Waals surface area (Å²) >= 11 is 0. The summed E-state index contributed by atoms with van der Waals surface area (Å²) in [4.78, 5) is 2.14. The standard InChI is InChI=1S/C17H19F3N6/c1-9(2)25-6-5-11-14(8-25)26(24-15(11)17(18,19)20)10-3-4-13-12(7-10)16(21)23-22-13/h3-4,7,9H,5-6,8H2,1-2H3,(H3,21,22,23). The molecule has 4 rings (SSSR count). The average molecular weight is 364 g/mol. The van der Waals surface area contributed by atoms with Crippen LogP contribution < -0.4 is 5.73 Å². The van der Waals surface area contributed by atoms with E-state index in [2.05, 4.69) is 20.2 Å². The number of anilines is 1. The number of benzene rings is 1. The number of nitrogens with one attached hydrogen (secondary N) is 1. The van der Waals surface area contributed by atoms with Gasteiger partial charge in [0, 0.05) is 30.1 Å². The number of hydrogen-bond donors (Lipinski definition) is 2. The molecule has 3 aromatic rings. The van der Waals surface area contributed by atoms with Crippen molar-refractivity contribution in [2.75, 3.05) is 12.3 Å². The van der Waals surface area contributed by atoms with Crippen LogP contribution in [0.1, 0.15) is 30.8 Å². The van der Waals surface area contributed by atoms with Gasteiger partial charge in [0.15, 0.2) is 11.5 Å². The summed E-state index contributed by atoms with van der Waals surface area (Å²) in [5.41, 5.74) is 7.18. The van der Waals surface area contributed by atoms with Crippen LogP contribution in [-0.4, -0.2) is 37.5 Å². The number of nitrogens with zero attached hydrogens (tertiary/aromatic N) is 4. The van der Waals surface area contributed by atoms with Gasteiger partial charge >= 0.3 is 6.18 Å². The minimum absolute atomic E-state index is 0.243. The fraction of sp³-hybridized carbons (Fsp3) is 0.412. The second-order valence-electron chi connectivity index (χ2n) is 6.84. The molecule has 1 aliphatic heterocycles. The van der Waals surface area contributed by atoms with Crippen molar-refractivity contribution in [3.63, 3.8) is 0 Å². The molecule has 138 valence electrons. The van der Waals surface area contributed by atoms with E-state index in [-0.39, 0.29) is 11.6 Å². The van der Waals surface area contributed by atoms with Crippen LogP contribution in [0, 0.1) is 0 Å². The van der Waals surface area contributed by atoms with E-state index in [0.717, 1.165) is 5.52 Å². The number of nitrogen functional groups attached to an aromatic ring is 1. The molecule has 0 aliphatic carbocycles. The first kappa shape index (κ1) is 16.9. The summed E-state index contributed by atoms with van der Waals surface area (Å²) in [5.74, 6) is 0.308. The molecule has 26 heavy (non-hydrogen) atoms. The van der Waals surface area contributed by atoms with Gasteiger partial charge in [0.1, 0.15) is 0 Å². The van der Waals surface area contributed by atoms with Crippen molar-refractivity contribution in [3.05, 3.63) is 35.2 Å². The molecule has 3 heterocycles. The Balaban J connectivity index is 1.89. The number of nitrogens with two attached hydrogens (primary N) is 1. The molecular weight excluding hydrogens is 345 g/mol. The number of hydrogen-bond acceptors (Lipinski definition) is 4. The van der Waals surface area contributed by atoms with Crippen molar-refractivity contribution >= 4 is 16.7 Å². The van der Waals surface area contributed by atoms with Gasteiger partial charge in [-0.05, 0) is 38.5 Å². The molecule has 1 aliphatic rings. The second-order valence-corrected chi connectivity index (χ2v) is 6.84. The van der Waals surface area contributed by atoms with Gasteiger partial charge in [0.25, 0.3) is 0 Å². The van der Waals surface area contributed by atoms with E-state index in [0.29, 0.717) is 42.1 Å². The molecule has 0 fully saturated rings. The van der Waals surface area contributed by atoms with Crippen LogP contribution in [-0.2, 0) is 19.1 Å². The third-order valence-electron chi connectivity index (χ3n) is 4.91. The van der Waals surface area contributed by atoms with Crippen LogP contribution in [0.25, 0.3) is 16.6 Å². The number of rotatable bonds is 2. The summed E-state index contributed by atoms with van der Waals surface area (Å²) < 4.78 is 41.9. The Bertz CT molecular complexity index is 969. The molecule has 0 unspecified atom stereocenters. The summed E-state index contributed by atoms with van der Waals surface area (Å²) in [7, 11) is 0. The summed E-state index contributed by atoms with van der Waals surface area (Å²) in [5, 5.41) is 11.3. The van der Waals surface area contributed by atoms with Crippen molar-refractivity contribution in [1.82, 2.24) is 24.9 Å². The van der Waals surface area contributed by atoms with Gasteiger partial charge in [-0.15, -0.1) is 0 Å². The van der Waals surface area contributed by atoms with Gasteiger partial charge in [-0.25, -0.2) is 4.68 Å². The van der Waals surface area contributed by atoms with Crippen LogP contribution >= 0.6 is 0 Å². The lowest BCUT2D eigenvalue weighted by molar-refractivity contribution is -0.142.